The summed E-state index contributed by atoms with van der Waals surface area (Å²) in [5.74, 6) is 1.14. The van der Waals surface area contributed by atoms with E-state index in [9.17, 15) is 0 Å². The molecule has 206 valence electrons. The van der Waals surface area contributed by atoms with Crippen molar-refractivity contribution in [3.05, 3.63) is 139 Å². The second-order valence-corrected chi connectivity index (χ2v) is 11.2. The van der Waals surface area contributed by atoms with Crippen molar-refractivity contribution in [2.24, 2.45) is 0 Å². The first kappa shape index (κ1) is 25.2. The number of pyridine rings is 1. The summed E-state index contributed by atoms with van der Waals surface area (Å²) in [5, 5.41) is 2.05. The van der Waals surface area contributed by atoms with Gasteiger partial charge in [-0.3, -0.25) is 4.57 Å². The fraction of sp³-hybridized carbons (Fsp3) is 0.0769. The Hall–Kier alpha value is -5.48. The molecule has 0 aliphatic heterocycles. The number of imidazole rings is 1. The van der Waals surface area contributed by atoms with Crippen LogP contribution >= 0.6 is 0 Å². The van der Waals surface area contributed by atoms with Crippen molar-refractivity contribution in [1.29, 1.82) is 0 Å². The van der Waals surface area contributed by atoms with E-state index in [1.807, 2.05) is 6.07 Å². The van der Waals surface area contributed by atoms with Gasteiger partial charge in [-0.05, 0) is 47.4 Å². The zero-order chi connectivity index (χ0) is 28.9. The molecular weight excluding hydrogens is 526 g/mol. The molecule has 0 unspecified atom stereocenters. The Morgan fingerprint density at radius 1 is 0.558 bits per heavy atom. The largest absolute Gasteiger partial charge is 0.437 e. The third kappa shape index (κ3) is 4.14. The van der Waals surface area contributed by atoms with Gasteiger partial charge in [-0.25, -0.2) is 9.97 Å². The molecule has 3 aromatic heterocycles. The highest BCUT2D eigenvalue weighted by atomic mass is 16.3. The average Bonchev–Trinajstić information content (AvgIpc) is 3.63. The van der Waals surface area contributed by atoms with Gasteiger partial charge >= 0.3 is 0 Å². The van der Waals surface area contributed by atoms with Crippen LogP contribution in [0, 0.1) is 0 Å². The van der Waals surface area contributed by atoms with Gasteiger partial charge in [0.05, 0.1) is 22.3 Å². The second kappa shape index (κ2) is 10.1. The van der Waals surface area contributed by atoms with Crippen LogP contribution in [0.1, 0.15) is 25.5 Å². The summed E-state index contributed by atoms with van der Waals surface area (Å²) in [6.07, 6.45) is 0. The minimum Gasteiger partial charge on any atom is -0.437 e. The van der Waals surface area contributed by atoms with E-state index in [-0.39, 0.29) is 0 Å². The lowest BCUT2D eigenvalue weighted by Crippen LogP contribution is -2.03. The lowest BCUT2D eigenvalue weighted by Gasteiger charge is -2.19. The molecule has 4 nitrogen and oxygen atoms in total. The number of aromatic nitrogens is 3. The Labute approximate surface area is 249 Å². The van der Waals surface area contributed by atoms with Crippen LogP contribution in [0.4, 0.5) is 0 Å². The van der Waals surface area contributed by atoms with Crippen molar-refractivity contribution in [2.75, 3.05) is 0 Å². The van der Waals surface area contributed by atoms with Crippen molar-refractivity contribution >= 4 is 33.1 Å². The predicted octanol–water partition coefficient (Wildman–Crippen LogP) is 10.4. The third-order valence-electron chi connectivity index (χ3n) is 8.21. The molecular formula is C39H29N3O. The summed E-state index contributed by atoms with van der Waals surface area (Å²) in [7, 11) is 0. The molecule has 0 fully saturated rings. The number of nitrogens with zero attached hydrogens (tertiary/aromatic N) is 3. The molecule has 0 bridgehead atoms. The summed E-state index contributed by atoms with van der Waals surface area (Å²) in [5.41, 5.74) is 11.0. The number of fused-ring (bicyclic) bond motifs is 4. The molecule has 0 saturated heterocycles. The molecule has 43 heavy (non-hydrogen) atoms. The van der Waals surface area contributed by atoms with E-state index in [1.165, 1.54) is 0 Å². The lowest BCUT2D eigenvalue weighted by molar-refractivity contribution is 0.648. The van der Waals surface area contributed by atoms with E-state index in [4.69, 9.17) is 14.4 Å². The summed E-state index contributed by atoms with van der Waals surface area (Å²) in [6.45, 7) is 4.30. The number of rotatable bonds is 5. The molecule has 0 saturated carbocycles. The highest BCUT2D eigenvalue weighted by Crippen LogP contribution is 2.42. The smallest absolute Gasteiger partial charge is 0.227 e. The highest BCUT2D eigenvalue weighted by Gasteiger charge is 2.24. The molecule has 8 rings (SSSR count). The van der Waals surface area contributed by atoms with E-state index >= 15 is 0 Å². The molecule has 0 aliphatic carbocycles. The van der Waals surface area contributed by atoms with E-state index in [2.05, 4.69) is 146 Å². The van der Waals surface area contributed by atoms with Crippen LogP contribution < -0.4 is 0 Å². The molecule has 8 aromatic rings. The first-order valence-electron chi connectivity index (χ1n) is 14.7. The van der Waals surface area contributed by atoms with E-state index in [1.54, 1.807) is 0 Å². The maximum absolute atomic E-state index is 6.58. The number of furan rings is 1. The number of hydrogen-bond acceptors (Lipinski definition) is 3. The van der Waals surface area contributed by atoms with Crippen LogP contribution in [-0.4, -0.2) is 14.5 Å². The Bertz CT molecular complexity index is 2200. The molecule has 4 heteroatoms. The summed E-state index contributed by atoms with van der Waals surface area (Å²) >= 11 is 0. The molecule has 0 aliphatic rings. The van der Waals surface area contributed by atoms with Gasteiger partial charge in [-0.1, -0.05) is 117 Å². The summed E-state index contributed by atoms with van der Waals surface area (Å²) in [6, 6.07) is 46.6. The van der Waals surface area contributed by atoms with Crippen molar-refractivity contribution in [3.8, 4) is 39.3 Å². The molecule has 0 atom stereocenters. The first-order valence-corrected chi connectivity index (χ1v) is 14.7. The minimum atomic E-state index is 0.312. The molecule has 5 aromatic carbocycles. The van der Waals surface area contributed by atoms with Crippen LogP contribution in [0.5, 0.6) is 0 Å². The van der Waals surface area contributed by atoms with Crippen LogP contribution in [0.15, 0.2) is 138 Å². The maximum atomic E-state index is 6.58. The van der Waals surface area contributed by atoms with Gasteiger partial charge in [0.2, 0.25) is 5.71 Å². The summed E-state index contributed by atoms with van der Waals surface area (Å²) in [4.78, 5) is 10.2. The topological polar surface area (TPSA) is 43.9 Å². The van der Waals surface area contributed by atoms with Gasteiger partial charge in [-0.2, -0.15) is 0 Å². The van der Waals surface area contributed by atoms with Gasteiger partial charge in [0.25, 0.3) is 0 Å². The van der Waals surface area contributed by atoms with Crippen LogP contribution in [0.3, 0.4) is 0 Å². The van der Waals surface area contributed by atoms with Crippen LogP contribution in [-0.2, 0) is 0 Å². The van der Waals surface area contributed by atoms with E-state index in [0.717, 1.165) is 72.4 Å². The Balaban J connectivity index is 1.49. The van der Waals surface area contributed by atoms with Crippen molar-refractivity contribution in [2.45, 2.75) is 19.8 Å². The van der Waals surface area contributed by atoms with Gasteiger partial charge in [0.15, 0.2) is 0 Å². The highest BCUT2D eigenvalue weighted by molar-refractivity contribution is 6.09. The van der Waals surface area contributed by atoms with Gasteiger partial charge < -0.3 is 4.42 Å². The van der Waals surface area contributed by atoms with Crippen LogP contribution in [0.25, 0.3) is 72.4 Å². The maximum Gasteiger partial charge on any atom is 0.227 e. The van der Waals surface area contributed by atoms with Crippen LogP contribution in [0.2, 0.25) is 0 Å². The zero-order valence-electron chi connectivity index (χ0n) is 24.0. The number of para-hydroxylation sites is 4. The molecule has 0 radical (unpaired) electrons. The van der Waals surface area contributed by atoms with Crippen molar-refractivity contribution in [1.82, 2.24) is 14.5 Å². The average molecular weight is 556 g/mol. The van der Waals surface area contributed by atoms with E-state index in [0.29, 0.717) is 11.6 Å². The standard InChI is InChI=1S/C39H29N3O/c1-25(2)33-24-23-31-30-19-12-20-32(37(30)43-39(31)41-33)38-40-34-21-9-10-22-35(34)42(38)36-28(26-13-5-3-6-14-26)17-11-18-29(36)27-15-7-4-8-16-27/h3-25H,1-2H3. The fourth-order valence-electron chi connectivity index (χ4n) is 6.11. The minimum absolute atomic E-state index is 0.312. The number of benzene rings is 5. The quantitative estimate of drug-likeness (QED) is 0.212. The SMILES string of the molecule is CC(C)c1ccc2c(n1)oc1c(-c3nc4ccccc4n3-c3c(-c4ccccc4)cccc3-c3ccccc3)cccc12. The first-order chi connectivity index (χ1) is 21.2. The molecule has 0 N–H and O–H groups in total. The Morgan fingerprint density at radius 2 is 1.19 bits per heavy atom. The summed E-state index contributed by atoms with van der Waals surface area (Å²) < 4.78 is 8.90. The Morgan fingerprint density at radius 3 is 1.88 bits per heavy atom. The monoisotopic (exact) mass is 555 g/mol. The molecule has 3 heterocycles. The third-order valence-corrected chi connectivity index (χ3v) is 8.21. The Kier molecular flexibility index (Phi) is 5.93. The van der Waals surface area contributed by atoms with Gasteiger partial charge in [0, 0.05) is 27.6 Å². The fourth-order valence-corrected chi connectivity index (χ4v) is 6.11. The predicted molar refractivity (Wildman–Crippen MR) is 177 cm³/mol. The van der Waals surface area contributed by atoms with Gasteiger partial charge in [0.1, 0.15) is 11.4 Å². The molecule has 0 spiro atoms. The van der Waals surface area contributed by atoms with Gasteiger partial charge in [-0.15, -0.1) is 0 Å². The van der Waals surface area contributed by atoms with E-state index < -0.39 is 0 Å². The lowest BCUT2D eigenvalue weighted by atomic mass is 9.95. The molecule has 0 amide bonds. The number of hydrogen-bond donors (Lipinski definition) is 0. The van der Waals surface area contributed by atoms with Crippen molar-refractivity contribution < 1.29 is 4.42 Å². The normalized spacial score (nSPS) is 11.7. The zero-order valence-corrected chi connectivity index (χ0v) is 24.0. The second-order valence-electron chi connectivity index (χ2n) is 11.2. The van der Waals surface area contributed by atoms with Crippen molar-refractivity contribution in [3.63, 3.8) is 0 Å².